The number of phenolic OH excluding ortho intramolecular Hbond substituents is 1. The number of hydrogen-bond donors (Lipinski definition) is 3. The number of thiophene rings is 1. The molecule has 0 amide bonds. The summed E-state index contributed by atoms with van der Waals surface area (Å²) in [6, 6.07) is 16.1. The molecule has 1 aliphatic rings. The molecule has 7 heteroatoms. The molecule has 3 N–H and O–H groups in total. The molecular weight excluding hydrogens is 406 g/mol. The first-order valence-electron chi connectivity index (χ1n) is 10.5. The first-order chi connectivity index (χ1) is 15.1. The van der Waals surface area contributed by atoms with Crippen LogP contribution < -0.4 is 15.5 Å². The van der Waals surface area contributed by atoms with Gasteiger partial charge in [0, 0.05) is 33.6 Å². The first-order valence-corrected chi connectivity index (χ1v) is 11.4. The minimum absolute atomic E-state index is 0.288. The number of anilines is 3. The largest absolute Gasteiger partial charge is 0.508 e. The Balaban J connectivity index is 1.49. The highest BCUT2D eigenvalue weighted by atomic mass is 32.1. The molecule has 0 saturated heterocycles. The third-order valence-electron chi connectivity index (χ3n) is 5.58. The Hall–Kier alpha value is -3.32. The molecule has 5 rings (SSSR count). The Kier molecular flexibility index (Phi) is 5.11. The summed E-state index contributed by atoms with van der Waals surface area (Å²) < 4.78 is 1.24. The third kappa shape index (κ3) is 3.77. The molecule has 0 fully saturated rings. The molecule has 4 aromatic rings. The van der Waals surface area contributed by atoms with Gasteiger partial charge in [-0.25, -0.2) is 9.97 Å². The number of rotatable bonds is 6. The van der Waals surface area contributed by atoms with E-state index in [1.165, 1.54) is 10.1 Å². The average molecular weight is 432 g/mol. The molecule has 0 spiro atoms. The summed E-state index contributed by atoms with van der Waals surface area (Å²) in [4.78, 5) is 12.2. The fourth-order valence-electron chi connectivity index (χ4n) is 3.87. The molecule has 158 valence electrons. The van der Waals surface area contributed by atoms with Gasteiger partial charge < -0.3 is 20.6 Å². The number of hydrogen-bond acceptors (Lipinski definition) is 7. The third-order valence-corrected chi connectivity index (χ3v) is 6.54. The molecule has 0 radical (unpaired) electrons. The lowest BCUT2D eigenvalue weighted by Gasteiger charge is -2.22. The van der Waals surface area contributed by atoms with Crippen molar-refractivity contribution in [2.24, 2.45) is 0 Å². The Labute approximate surface area is 185 Å². The molecule has 2 aromatic heterocycles. The van der Waals surface area contributed by atoms with Crippen molar-refractivity contribution in [3.8, 4) is 17.1 Å². The first kappa shape index (κ1) is 19.6. The quantitative estimate of drug-likeness (QED) is 0.384. The van der Waals surface area contributed by atoms with Crippen LogP contribution >= 0.6 is 11.3 Å². The number of benzene rings is 2. The Bertz CT molecular complexity index is 1220. The van der Waals surface area contributed by atoms with Crippen LogP contribution in [0.2, 0.25) is 0 Å². The fraction of sp³-hybridized carbons (Fsp3) is 0.250. The fourth-order valence-corrected chi connectivity index (χ4v) is 4.81. The van der Waals surface area contributed by atoms with E-state index in [1.807, 2.05) is 12.1 Å². The summed E-state index contributed by atoms with van der Waals surface area (Å²) in [5, 5.41) is 19.8. The van der Waals surface area contributed by atoms with Crippen LogP contribution in [0.1, 0.15) is 19.4 Å². The van der Waals surface area contributed by atoms with Gasteiger partial charge in [-0.2, -0.15) is 0 Å². The van der Waals surface area contributed by atoms with Gasteiger partial charge in [0.25, 0.3) is 0 Å². The zero-order chi connectivity index (χ0) is 21.4. The van der Waals surface area contributed by atoms with Gasteiger partial charge in [0.05, 0.1) is 6.67 Å². The Morgan fingerprint density at radius 1 is 1.13 bits per heavy atom. The standard InChI is InChI=1S/C24H25N5OS/c1-15(2)29-14-26-21-23(25-12-11-16-7-9-17(30)10-8-16)27-22(28-24(21)29)19-13-31-20-6-4-3-5-18(19)20/h3-10,13,15,26,30H,11-12,14H2,1-2H3,(H,25,27,28). The lowest BCUT2D eigenvalue weighted by atomic mass is 10.1. The second-order valence-electron chi connectivity index (χ2n) is 7.98. The van der Waals surface area contributed by atoms with Crippen LogP contribution in [-0.2, 0) is 6.42 Å². The highest BCUT2D eigenvalue weighted by Gasteiger charge is 2.27. The van der Waals surface area contributed by atoms with Gasteiger partial charge in [-0.15, -0.1) is 11.3 Å². The van der Waals surface area contributed by atoms with Crippen LogP contribution in [0.25, 0.3) is 21.5 Å². The van der Waals surface area contributed by atoms with E-state index in [0.717, 1.165) is 53.9 Å². The summed E-state index contributed by atoms with van der Waals surface area (Å²) >= 11 is 1.72. The number of nitrogens with zero attached hydrogens (tertiary/aromatic N) is 3. The Morgan fingerprint density at radius 3 is 2.74 bits per heavy atom. The molecule has 0 saturated carbocycles. The van der Waals surface area contributed by atoms with Crippen LogP contribution in [0.3, 0.4) is 0 Å². The SMILES string of the molecule is CC(C)N1CNc2c(NCCc3ccc(O)cc3)nc(-c3csc4ccccc34)nc21. The molecule has 31 heavy (non-hydrogen) atoms. The maximum absolute atomic E-state index is 9.49. The van der Waals surface area contributed by atoms with Gasteiger partial charge >= 0.3 is 0 Å². The highest BCUT2D eigenvalue weighted by molar-refractivity contribution is 7.17. The van der Waals surface area contributed by atoms with Gasteiger partial charge in [0.2, 0.25) is 0 Å². The maximum Gasteiger partial charge on any atom is 0.165 e. The van der Waals surface area contributed by atoms with Crippen LogP contribution in [0.4, 0.5) is 17.3 Å². The smallest absolute Gasteiger partial charge is 0.165 e. The monoisotopic (exact) mass is 431 g/mol. The average Bonchev–Trinajstić information content (AvgIpc) is 3.39. The predicted octanol–water partition coefficient (Wildman–Crippen LogP) is 5.32. The number of phenols is 1. The van der Waals surface area contributed by atoms with E-state index in [0.29, 0.717) is 6.04 Å². The van der Waals surface area contributed by atoms with E-state index in [9.17, 15) is 5.11 Å². The van der Waals surface area contributed by atoms with Crippen molar-refractivity contribution in [2.75, 3.05) is 28.7 Å². The molecule has 6 nitrogen and oxygen atoms in total. The summed E-state index contributed by atoms with van der Waals surface area (Å²) in [6.45, 7) is 5.82. The highest BCUT2D eigenvalue weighted by Crippen LogP contribution is 2.40. The molecule has 2 aromatic carbocycles. The number of aromatic nitrogens is 2. The predicted molar refractivity (Wildman–Crippen MR) is 129 cm³/mol. The summed E-state index contributed by atoms with van der Waals surface area (Å²) in [5.41, 5.74) is 3.19. The van der Waals surface area contributed by atoms with Crippen molar-refractivity contribution in [3.05, 3.63) is 59.5 Å². The summed E-state index contributed by atoms with van der Waals surface area (Å²) in [5.74, 6) is 2.81. The minimum Gasteiger partial charge on any atom is -0.508 e. The summed E-state index contributed by atoms with van der Waals surface area (Å²) in [7, 11) is 0. The normalized spacial score (nSPS) is 12.9. The van der Waals surface area contributed by atoms with E-state index in [2.05, 4.69) is 59.0 Å². The molecule has 0 aliphatic carbocycles. The zero-order valence-corrected chi connectivity index (χ0v) is 18.4. The maximum atomic E-state index is 9.49. The van der Waals surface area contributed by atoms with Crippen LogP contribution in [-0.4, -0.2) is 34.3 Å². The lowest BCUT2D eigenvalue weighted by Crippen LogP contribution is -2.30. The molecule has 1 aliphatic heterocycles. The van der Waals surface area contributed by atoms with E-state index < -0.39 is 0 Å². The summed E-state index contributed by atoms with van der Waals surface area (Å²) in [6.07, 6.45) is 0.837. The van der Waals surface area contributed by atoms with Gasteiger partial charge in [-0.3, -0.25) is 0 Å². The van der Waals surface area contributed by atoms with Crippen LogP contribution in [0.15, 0.2) is 53.9 Å². The van der Waals surface area contributed by atoms with Crippen molar-refractivity contribution >= 4 is 38.7 Å². The molecular formula is C24H25N5OS. The van der Waals surface area contributed by atoms with Crippen molar-refractivity contribution in [2.45, 2.75) is 26.3 Å². The van der Waals surface area contributed by atoms with Crippen molar-refractivity contribution in [3.63, 3.8) is 0 Å². The second kappa shape index (κ2) is 8.07. The molecule has 0 atom stereocenters. The molecule has 0 bridgehead atoms. The number of aromatic hydroxyl groups is 1. The van der Waals surface area contributed by atoms with Crippen molar-refractivity contribution < 1.29 is 5.11 Å². The van der Waals surface area contributed by atoms with Crippen molar-refractivity contribution in [1.29, 1.82) is 0 Å². The zero-order valence-electron chi connectivity index (χ0n) is 17.6. The van der Waals surface area contributed by atoms with E-state index >= 15 is 0 Å². The van der Waals surface area contributed by atoms with E-state index in [-0.39, 0.29) is 5.75 Å². The molecule has 3 heterocycles. The van der Waals surface area contributed by atoms with E-state index in [1.54, 1.807) is 23.5 Å². The van der Waals surface area contributed by atoms with Crippen molar-refractivity contribution in [1.82, 2.24) is 9.97 Å². The topological polar surface area (TPSA) is 73.3 Å². The Morgan fingerprint density at radius 2 is 1.94 bits per heavy atom. The van der Waals surface area contributed by atoms with Crippen LogP contribution in [0.5, 0.6) is 5.75 Å². The lowest BCUT2D eigenvalue weighted by molar-refractivity contribution is 0.475. The van der Waals surface area contributed by atoms with Gasteiger partial charge in [-0.05, 0) is 44.0 Å². The minimum atomic E-state index is 0.288. The van der Waals surface area contributed by atoms with Gasteiger partial charge in [0.1, 0.15) is 11.4 Å². The number of nitrogens with one attached hydrogen (secondary N) is 2. The van der Waals surface area contributed by atoms with E-state index in [4.69, 9.17) is 9.97 Å². The van der Waals surface area contributed by atoms with Crippen LogP contribution in [0, 0.1) is 0 Å². The van der Waals surface area contributed by atoms with Gasteiger partial charge in [-0.1, -0.05) is 30.3 Å². The van der Waals surface area contributed by atoms with Gasteiger partial charge in [0.15, 0.2) is 17.5 Å². The second-order valence-corrected chi connectivity index (χ2v) is 8.89. The number of fused-ring (bicyclic) bond motifs is 2. The molecule has 0 unspecified atom stereocenters.